The monoisotopic (exact) mass is 399 g/mol. The third-order valence-corrected chi connectivity index (χ3v) is 6.62. The van der Waals surface area contributed by atoms with Crippen molar-refractivity contribution in [3.05, 3.63) is 57.6 Å². The highest BCUT2D eigenvalue weighted by Gasteiger charge is 2.21. The van der Waals surface area contributed by atoms with Gasteiger partial charge in [-0.05, 0) is 44.7 Å². The molecule has 0 amide bonds. The van der Waals surface area contributed by atoms with Gasteiger partial charge in [-0.2, -0.15) is 0 Å². The van der Waals surface area contributed by atoms with E-state index in [-0.39, 0.29) is 21.2 Å². The van der Waals surface area contributed by atoms with Crippen molar-refractivity contribution in [2.75, 3.05) is 11.8 Å². The van der Waals surface area contributed by atoms with Crippen molar-refractivity contribution in [1.29, 1.82) is 0 Å². The molecule has 11 heteroatoms. The molecule has 0 fully saturated rings. The molecule has 0 spiro atoms. The van der Waals surface area contributed by atoms with Gasteiger partial charge < -0.3 is 0 Å². The molecule has 0 aliphatic carbocycles. The number of nitro benzene ring substituents is 1. The van der Waals surface area contributed by atoms with E-state index in [9.17, 15) is 26.9 Å². The zero-order valence-corrected chi connectivity index (χ0v) is 15.8. The summed E-state index contributed by atoms with van der Waals surface area (Å²) in [7, 11) is -6.66. The van der Waals surface area contributed by atoms with E-state index in [1.807, 2.05) is 0 Å². The van der Waals surface area contributed by atoms with Crippen LogP contribution in [0, 0.1) is 24.0 Å². The second-order valence-corrected chi connectivity index (χ2v) is 9.04. The first-order valence-corrected chi connectivity index (χ1v) is 10.3. The lowest BCUT2D eigenvalue weighted by atomic mass is 10.2. The molecule has 0 radical (unpaired) electrons. The molecular weight excluding hydrogens is 382 g/mol. The van der Waals surface area contributed by atoms with Crippen molar-refractivity contribution in [3.63, 3.8) is 0 Å². The second-order valence-electron chi connectivity index (χ2n) is 5.50. The van der Waals surface area contributed by atoms with Gasteiger partial charge in [-0.3, -0.25) is 14.8 Å². The largest absolute Gasteiger partial charge is 0.280 e. The minimum absolute atomic E-state index is 0.0210. The molecule has 0 aliphatic heterocycles. The van der Waals surface area contributed by atoms with Gasteiger partial charge in [0.25, 0.3) is 15.7 Å². The normalized spacial score (nSPS) is 12.0. The second kappa shape index (κ2) is 7.02. The zero-order valence-electron chi connectivity index (χ0n) is 14.2. The summed E-state index contributed by atoms with van der Waals surface area (Å²) in [5.41, 5.74) is 0.461. The maximum Gasteiger partial charge on any atom is 0.273 e. The minimum Gasteiger partial charge on any atom is -0.280 e. The van der Waals surface area contributed by atoms with Crippen LogP contribution in [0.3, 0.4) is 0 Å². The number of anilines is 1. The van der Waals surface area contributed by atoms with Crippen LogP contribution >= 0.6 is 0 Å². The van der Waals surface area contributed by atoms with Gasteiger partial charge in [0, 0.05) is 11.6 Å². The Bertz CT molecular complexity index is 1080. The average molecular weight is 399 g/mol. The molecule has 9 nitrogen and oxygen atoms in total. The number of aryl methyl sites for hydroxylation is 2. The Balaban J connectivity index is 2.47. The summed E-state index contributed by atoms with van der Waals surface area (Å²) < 4.78 is 53.4. The third-order valence-electron chi connectivity index (χ3n) is 3.69. The fourth-order valence-corrected chi connectivity index (χ4v) is 4.29. The number of hydrogen-bond acceptors (Lipinski definition) is 6. The molecule has 0 aromatic heterocycles. The Morgan fingerprint density at radius 2 is 1.54 bits per heavy atom. The predicted molar refractivity (Wildman–Crippen MR) is 96.1 cm³/mol. The van der Waals surface area contributed by atoms with E-state index in [1.165, 1.54) is 44.3 Å². The fourth-order valence-electron chi connectivity index (χ4n) is 2.23. The highest BCUT2D eigenvalue weighted by molar-refractivity contribution is 7.92. The lowest BCUT2D eigenvalue weighted by molar-refractivity contribution is -0.385. The highest BCUT2D eigenvalue weighted by Crippen LogP contribution is 2.25. The van der Waals surface area contributed by atoms with Gasteiger partial charge in [-0.25, -0.2) is 21.6 Å². The summed E-state index contributed by atoms with van der Waals surface area (Å²) in [6.07, 6.45) is 0. The molecule has 0 unspecified atom stereocenters. The van der Waals surface area contributed by atoms with Crippen LogP contribution in [0.4, 0.5) is 11.4 Å². The molecule has 0 bridgehead atoms. The number of nitrogens with zero attached hydrogens (tertiary/aromatic N) is 1. The molecule has 0 atom stereocenters. The van der Waals surface area contributed by atoms with E-state index in [4.69, 9.17) is 0 Å². The predicted octanol–water partition coefficient (Wildman–Crippen LogP) is 1.92. The first-order chi connectivity index (χ1) is 12.0. The van der Waals surface area contributed by atoms with E-state index in [0.717, 1.165) is 6.07 Å². The Labute approximate surface area is 151 Å². The zero-order chi connectivity index (χ0) is 19.7. The number of nitrogens with one attached hydrogen (secondary N) is 2. The van der Waals surface area contributed by atoms with E-state index in [2.05, 4.69) is 9.44 Å². The maximum atomic E-state index is 12.5. The SMILES string of the molecule is CNS(=O)(=O)c1cc(NS(=O)(=O)c2ccc(C)c([N+](=O)[O-])c2)ccc1C. The summed E-state index contributed by atoms with van der Waals surface area (Å²) >= 11 is 0. The average Bonchev–Trinajstić information content (AvgIpc) is 2.56. The quantitative estimate of drug-likeness (QED) is 0.563. The van der Waals surface area contributed by atoms with Gasteiger partial charge in [-0.15, -0.1) is 0 Å². The number of rotatable bonds is 6. The van der Waals surface area contributed by atoms with Crippen molar-refractivity contribution in [1.82, 2.24) is 4.72 Å². The van der Waals surface area contributed by atoms with Crippen LogP contribution in [0.25, 0.3) is 0 Å². The molecule has 140 valence electrons. The van der Waals surface area contributed by atoms with Crippen LogP contribution in [0.2, 0.25) is 0 Å². The van der Waals surface area contributed by atoms with Gasteiger partial charge in [0.15, 0.2) is 0 Å². The fraction of sp³-hybridized carbons (Fsp3) is 0.200. The van der Waals surface area contributed by atoms with Crippen LogP contribution in [0.5, 0.6) is 0 Å². The van der Waals surface area contributed by atoms with Gasteiger partial charge in [0.05, 0.1) is 20.4 Å². The van der Waals surface area contributed by atoms with E-state index >= 15 is 0 Å². The van der Waals surface area contributed by atoms with Gasteiger partial charge >= 0.3 is 0 Å². The van der Waals surface area contributed by atoms with Crippen LogP contribution in [-0.4, -0.2) is 28.8 Å². The summed E-state index contributed by atoms with van der Waals surface area (Å²) in [6.45, 7) is 3.07. The molecule has 0 saturated heterocycles. The summed E-state index contributed by atoms with van der Waals surface area (Å²) in [5.74, 6) is 0. The summed E-state index contributed by atoms with van der Waals surface area (Å²) in [5, 5.41) is 11.0. The summed E-state index contributed by atoms with van der Waals surface area (Å²) in [4.78, 5) is 9.96. The van der Waals surface area contributed by atoms with Crippen molar-refractivity contribution in [2.24, 2.45) is 0 Å². The lowest BCUT2D eigenvalue weighted by Crippen LogP contribution is -2.20. The minimum atomic E-state index is -4.14. The van der Waals surface area contributed by atoms with Crippen LogP contribution < -0.4 is 9.44 Å². The van der Waals surface area contributed by atoms with E-state index < -0.39 is 25.0 Å². The smallest absolute Gasteiger partial charge is 0.273 e. The summed E-state index contributed by atoms with van der Waals surface area (Å²) in [6, 6.07) is 7.57. The van der Waals surface area contributed by atoms with E-state index in [0.29, 0.717) is 11.1 Å². The standard InChI is InChI=1S/C15H17N3O6S2/c1-10-5-7-13(9-14(10)18(19)20)25(21,22)17-12-6-4-11(2)15(8-12)26(23,24)16-3/h4-9,16-17H,1-3H3. The van der Waals surface area contributed by atoms with Gasteiger partial charge in [0.1, 0.15) is 0 Å². The molecule has 0 aliphatic rings. The lowest BCUT2D eigenvalue weighted by Gasteiger charge is -2.12. The Kier molecular flexibility index (Phi) is 5.35. The van der Waals surface area contributed by atoms with Crippen molar-refractivity contribution >= 4 is 31.4 Å². The number of nitro groups is 1. The molecule has 2 aromatic carbocycles. The van der Waals surface area contributed by atoms with Crippen LogP contribution in [0.1, 0.15) is 11.1 Å². The molecule has 0 saturated carbocycles. The van der Waals surface area contributed by atoms with Crippen LogP contribution in [-0.2, 0) is 20.0 Å². The Morgan fingerprint density at radius 3 is 2.12 bits per heavy atom. The Hall–Kier alpha value is -2.50. The van der Waals surface area contributed by atoms with Crippen LogP contribution in [0.15, 0.2) is 46.2 Å². The van der Waals surface area contributed by atoms with Gasteiger partial charge in [-0.1, -0.05) is 12.1 Å². The molecule has 2 N–H and O–H groups in total. The molecular formula is C15H17N3O6S2. The number of benzene rings is 2. The highest BCUT2D eigenvalue weighted by atomic mass is 32.2. The number of sulfonamides is 2. The van der Waals surface area contributed by atoms with Gasteiger partial charge in [0.2, 0.25) is 10.0 Å². The van der Waals surface area contributed by atoms with Crippen molar-refractivity contribution in [3.8, 4) is 0 Å². The topological polar surface area (TPSA) is 135 Å². The molecule has 0 heterocycles. The third kappa shape index (κ3) is 4.00. The first kappa shape index (κ1) is 19.8. The maximum absolute atomic E-state index is 12.5. The first-order valence-electron chi connectivity index (χ1n) is 7.30. The molecule has 26 heavy (non-hydrogen) atoms. The molecule has 2 rings (SSSR count). The Morgan fingerprint density at radius 1 is 0.923 bits per heavy atom. The van der Waals surface area contributed by atoms with Crippen molar-refractivity contribution in [2.45, 2.75) is 23.6 Å². The number of hydrogen-bond donors (Lipinski definition) is 2. The molecule has 2 aromatic rings. The van der Waals surface area contributed by atoms with E-state index in [1.54, 1.807) is 6.92 Å². The van der Waals surface area contributed by atoms with Crippen molar-refractivity contribution < 1.29 is 21.8 Å².